The van der Waals surface area contributed by atoms with Gasteiger partial charge in [0.15, 0.2) is 0 Å². The van der Waals surface area contributed by atoms with Crippen LogP contribution < -0.4 is 10.0 Å². The Balaban J connectivity index is 2.46. The van der Waals surface area contributed by atoms with E-state index in [1.54, 1.807) is 19.4 Å². The molecule has 114 valence electrons. The van der Waals surface area contributed by atoms with Crippen LogP contribution in [0.4, 0.5) is 10.1 Å². The fourth-order valence-electron chi connectivity index (χ4n) is 1.91. The molecule has 0 unspecified atom stereocenters. The Labute approximate surface area is 132 Å². The van der Waals surface area contributed by atoms with Gasteiger partial charge in [0.25, 0.3) is 10.0 Å². The Morgan fingerprint density at radius 1 is 1.38 bits per heavy atom. The van der Waals surface area contributed by atoms with Crippen LogP contribution in [0.25, 0.3) is 0 Å². The summed E-state index contributed by atoms with van der Waals surface area (Å²) in [6, 6.07) is 3.99. The van der Waals surface area contributed by atoms with Gasteiger partial charge in [-0.15, -0.1) is 11.3 Å². The maximum atomic E-state index is 13.8. The predicted octanol–water partition coefficient (Wildman–Crippen LogP) is 3.37. The fourth-order valence-corrected chi connectivity index (χ4v) is 5.09. The predicted molar refractivity (Wildman–Crippen MR) is 84.0 cm³/mol. The van der Waals surface area contributed by atoms with Gasteiger partial charge in [0.05, 0.1) is 5.02 Å². The van der Waals surface area contributed by atoms with Crippen molar-refractivity contribution in [2.24, 2.45) is 0 Å². The van der Waals surface area contributed by atoms with E-state index in [9.17, 15) is 12.8 Å². The number of thiophene rings is 1. The van der Waals surface area contributed by atoms with Gasteiger partial charge in [-0.3, -0.25) is 4.72 Å². The smallest absolute Gasteiger partial charge is 0.263 e. The largest absolute Gasteiger partial charge is 0.315 e. The van der Waals surface area contributed by atoms with Crippen molar-refractivity contribution in [1.82, 2.24) is 5.32 Å². The molecule has 0 amide bonds. The quantitative estimate of drug-likeness (QED) is 0.871. The van der Waals surface area contributed by atoms with E-state index in [0.29, 0.717) is 17.0 Å². The number of hydrogen-bond acceptors (Lipinski definition) is 4. The zero-order valence-corrected chi connectivity index (χ0v) is 13.8. The van der Waals surface area contributed by atoms with E-state index in [4.69, 9.17) is 11.6 Å². The molecule has 0 spiro atoms. The lowest BCUT2D eigenvalue weighted by molar-refractivity contribution is 0.597. The van der Waals surface area contributed by atoms with E-state index in [0.717, 1.165) is 6.07 Å². The summed E-state index contributed by atoms with van der Waals surface area (Å²) in [5, 5.41) is 4.68. The van der Waals surface area contributed by atoms with Crippen molar-refractivity contribution in [1.29, 1.82) is 0 Å². The standard InChI is InChI=1S/C13H14ClFN2O2S2/c1-8-7-20-11(6-16-2)13(8)21(18,19)17-12-9(14)4-3-5-10(12)15/h3-5,7,16-17H,6H2,1-2H3. The fraction of sp³-hybridized carbons (Fsp3) is 0.231. The molecule has 0 radical (unpaired) electrons. The monoisotopic (exact) mass is 348 g/mol. The molecule has 1 aromatic heterocycles. The van der Waals surface area contributed by atoms with Crippen molar-refractivity contribution in [2.45, 2.75) is 18.4 Å². The molecule has 8 heteroatoms. The number of aryl methyl sites for hydroxylation is 1. The van der Waals surface area contributed by atoms with Crippen LogP contribution in [0.15, 0.2) is 28.5 Å². The number of nitrogens with one attached hydrogen (secondary N) is 2. The van der Waals surface area contributed by atoms with Crippen LogP contribution in [-0.2, 0) is 16.6 Å². The van der Waals surface area contributed by atoms with Crippen LogP contribution in [0.2, 0.25) is 5.02 Å². The van der Waals surface area contributed by atoms with Gasteiger partial charge in [0.1, 0.15) is 16.4 Å². The number of para-hydroxylation sites is 1. The van der Waals surface area contributed by atoms with E-state index in [1.807, 2.05) is 0 Å². The van der Waals surface area contributed by atoms with Crippen LogP contribution in [0.5, 0.6) is 0 Å². The molecule has 0 aliphatic heterocycles. The third kappa shape index (κ3) is 3.37. The molecule has 2 N–H and O–H groups in total. The normalized spacial score (nSPS) is 11.6. The van der Waals surface area contributed by atoms with Crippen LogP contribution in [0.1, 0.15) is 10.4 Å². The molecule has 2 aromatic rings. The molecule has 0 aliphatic carbocycles. The highest BCUT2D eigenvalue weighted by Gasteiger charge is 2.24. The summed E-state index contributed by atoms with van der Waals surface area (Å²) >= 11 is 7.20. The lowest BCUT2D eigenvalue weighted by atomic mass is 10.3. The Bertz CT molecular complexity index is 739. The van der Waals surface area contributed by atoms with Gasteiger partial charge < -0.3 is 5.32 Å². The second kappa shape index (κ2) is 6.31. The van der Waals surface area contributed by atoms with E-state index in [1.165, 1.54) is 23.5 Å². The van der Waals surface area contributed by atoms with Gasteiger partial charge in [-0.2, -0.15) is 0 Å². The van der Waals surface area contributed by atoms with Crippen molar-refractivity contribution in [3.05, 3.63) is 44.9 Å². The highest BCUT2D eigenvalue weighted by Crippen LogP contribution is 2.31. The molecule has 4 nitrogen and oxygen atoms in total. The number of rotatable bonds is 5. The zero-order chi connectivity index (χ0) is 15.6. The molecule has 0 atom stereocenters. The summed E-state index contributed by atoms with van der Waals surface area (Å²) in [4.78, 5) is 0.830. The van der Waals surface area contributed by atoms with Gasteiger partial charge in [-0.05, 0) is 37.0 Å². The minimum Gasteiger partial charge on any atom is -0.315 e. The van der Waals surface area contributed by atoms with Gasteiger partial charge in [0, 0.05) is 11.4 Å². The van der Waals surface area contributed by atoms with Gasteiger partial charge >= 0.3 is 0 Å². The van der Waals surface area contributed by atoms with Gasteiger partial charge in [-0.25, -0.2) is 12.8 Å². The third-order valence-electron chi connectivity index (χ3n) is 2.79. The Morgan fingerprint density at radius 2 is 2.10 bits per heavy atom. The van der Waals surface area contributed by atoms with Crippen molar-refractivity contribution in [2.75, 3.05) is 11.8 Å². The van der Waals surface area contributed by atoms with Gasteiger partial charge in [0.2, 0.25) is 0 Å². The van der Waals surface area contributed by atoms with E-state index in [2.05, 4.69) is 10.0 Å². The molecule has 21 heavy (non-hydrogen) atoms. The molecule has 0 saturated carbocycles. The van der Waals surface area contributed by atoms with Crippen LogP contribution in [-0.4, -0.2) is 15.5 Å². The topological polar surface area (TPSA) is 58.2 Å². The summed E-state index contributed by atoms with van der Waals surface area (Å²) in [6.45, 7) is 2.12. The molecule has 2 rings (SSSR count). The minimum absolute atomic E-state index is 0.0154. The van der Waals surface area contributed by atoms with E-state index >= 15 is 0 Å². The molecular formula is C13H14ClFN2O2S2. The minimum atomic E-state index is -3.90. The average molecular weight is 349 g/mol. The Morgan fingerprint density at radius 3 is 2.71 bits per heavy atom. The molecule has 1 aromatic carbocycles. The lowest BCUT2D eigenvalue weighted by Crippen LogP contribution is -2.17. The van der Waals surface area contributed by atoms with Crippen molar-refractivity contribution in [3.63, 3.8) is 0 Å². The summed E-state index contributed by atoms with van der Waals surface area (Å²) in [7, 11) is -2.17. The van der Waals surface area contributed by atoms with Crippen molar-refractivity contribution >= 4 is 38.6 Å². The first-order valence-electron chi connectivity index (χ1n) is 6.05. The Kier molecular flexibility index (Phi) is 4.88. The molecule has 0 bridgehead atoms. The summed E-state index contributed by atoms with van der Waals surface area (Å²) < 4.78 is 41.0. The Hall–Kier alpha value is -1.15. The summed E-state index contributed by atoms with van der Waals surface area (Å²) in [6.07, 6.45) is 0. The maximum absolute atomic E-state index is 13.8. The average Bonchev–Trinajstić information content (AvgIpc) is 2.77. The highest BCUT2D eigenvalue weighted by molar-refractivity contribution is 7.93. The zero-order valence-electron chi connectivity index (χ0n) is 11.4. The third-order valence-corrected chi connectivity index (χ3v) is 5.92. The first-order chi connectivity index (χ1) is 9.86. The summed E-state index contributed by atoms with van der Waals surface area (Å²) in [5.74, 6) is -0.714. The number of halogens is 2. The van der Waals surface area contributed by atoms with Gasteiger partial charge in [-0.1, -0.05) is 17.7 Å². The van der Waals surface area contributed by atoms with Crippen molar-refractivity contribution in [3.8, 4) is 0 Å². The summed E-state index contributed by atoms with van der Waals surface area (Å²) in [5.41, 5.74) is 0.380. The van der Waals surface area contributed by atoms with E-state index < -0.39 is 15.8 Å². The number of benzene rings is 1. The molecule has 1 heterocycles. The maximum Gasteiger partial charge on any atom is 0.263 e. The van der Waals surface area contributed by atoms with Crippen LogP contribution >= 0.6 is 22.9 Å². The van der Waals surface area contributed by atoms with Crippen LogP contribution in [0.3, 0.4) is 0 Å². The van der Waals surface area contributed by atoms with E-state index in [-0.39, 0.29) is 15.6 Å². The first-order valence-corrected chi connectivity index (χ1v) is 8.79. The lowest BCUT2D eigenvalue weighted by Gasteiger charge is -2.12. The van der Waals surface area contributed by atoms with Crippen molar-refractivity contribution < 1.29 is 12.8 Å². The first kappa shape index (κ1) is 16.2. The van der Waals surface area contributed by atoms with Crippen LogP contribution in [0, 0.1) is 12.7 Å². The second-order valence-corrected chi connectivity index (χ2v) is 7.39. The number of anilines is 1. The number of hydrogen-bond donors (Lipinski definition) is 2. The second-order valence-electron chi connectivity index (χ2n) is 4.40. The molecule has 0 aliphatic rings. The molecular weight excluding hydrogens is 335 g/mol. The SMILES string of the molecule is CNCc1scc(C)c1S(=O)(=O)Nc1c(F)cccc1Cl. The highest BCUT2D eigenvalue weighted by atomic mass is 35.5. The molecule has 0 fully saturated rings. The molecule has 0 saturated heterocycles. The number of sulfonamides is 1.